The number of anilines is 1. The van der Waals surface area contributed by atoms with Gasteiger partial charge in [0.05, 0.1) is 21.7 Å². The number of aryl methyl sites for hydroxylation is 1. The van der Waals surface area contributed by atoms with Gasteiger partial charge in [-0.2, -0.15) is 0 Å². The zero-order chi connectivity index (χ0) is 22.6. The molecule has 1 heterocycles. The van der Waals surface area contributed by atoms with Gasteiger partial charge in [0.15, 0.2) is 15.0 Å². The van der Waals surface area contributed by atoms with Gasteiger partial charge in [0.2, 0.25) is 5.91 Å². The number of benzene rings is 2. The Kier molecular flexibility index (Phi) is 7.30. The van der Waals surface area contributed by atoms with E-state index in [0.717, 1.165) is 21.5 Å². The van der Waals surface area contributed by atoms with Crippen molar-refractivity contribution in [2.45, 2.75) is 18.7 Å². The average molecular weight is 462 g/mol. The first kappa shape index (κ1) is 23.2. The summed E-state index contributed by atoms with van der Waals surface area (Å²) >= 11 is 1.35. The monoisotopic (exact) mass is 461 g/mol. The number of fused-ring (bicyclic) bond motifs is 1. The number of hydrogen-bond donors (Lipinski definition) is 0. The second-order valence-corrected chi connectivity index (χ2v) is 10.5. The summed E-state index contributed by atoms with van der Waals surface area (Å²) in [4.78, 5) is 21.3. The molecule has 2 aromatic carbocycles. The molecule has 0 aliphatic rings. The maximum atomic E-state index is 13.1. The summed E-state index contributed by atoms with van der Waals surface area (Å²) in [6.45, 7) is 5.28. The van der Waals surface area contributed by atoms with E-state index in [-0.39, 0.29) is 4.90 Å². The quantitative estimate of drug-likeness (QED) is 0.486. The molecule has 0 bridgehead atoms. The zero-order valence-corrected chi connectivity index (χ0v) is 19.8. The zero-order valence-electron chi connectivity index (χ0n) is 18.2. The highest BCUT2D eigenvalue weighted by Gasteiger charge is 2.26. The molecule has 1 aromatic heterocycles. The molecule has 1 amide bonds. The Morgan fingerprint density at radius 3 is 2.45 bits per heavy atom. The third kappa shape index (κ3) is 5.81. The van der Waals surface area contributed by atoms with Crippen LogP contribution in [0.4, 0.5) is 5.13 Å². The van der Waals surface area contributed by atoms with Gasteiger partial charge in [0.25, 0.3) is 0 Å². The minimum Gasteiger partial charge on any atom is -0.494 e. The van der Waals surface area contributed by atoms with Crippen molar-refractivity contribution in [3.63, 3.8) is 0 Å². The van der Waals surface area contributed by atoms with Crippen LogP contribution in [0.3, 0.4) is 0 Å². The van der Waals surface area contributed by atoms with Crippen molar-refractivity contribution in [1.82, 2.24) is 9.88 Å². The minimum absolute atomic E-state index is 0.143. The molecule has 3 aromatic rings. The second-order valence-electron chi connectivity index (χ2n) is 7.48. The Morgan fingerprint density at radius 2 is 1.81 bits per heavy atom. The number of rotatable bonds is 9. The topological polar surface area (TPSA) is 79.8 Å². The fourth-order valence-electron chi connectivity index (χ4n) is 2.96. The van der Waals surface area contributed by atoms with Crippen LogP contribution in [0, 0.1) is 6.92 Å². The first-order valence-electron chi connectivity index (χ1n) is 9.97. The molecular weight excluding hydrogens is 434 g/mol. The highest BCUT2D eigenvalue weighted by molar-refractivity contribution is 7.92. The number of ether oxygens (including phenoxy) is 1. The van der Waals surface area contributed by atoms with Crippen molar-refractivity contribution in [2.75, 3.05) is 44.4 Å². The van der Waals surface area contributed by atoms with Gasteiger partial charge in [0, 0.05) is 13.1 Å². The van der Waals surface area contributed by atoms with E-state index in [9.17, 15) is 13.2 Å². The normalized spacial score (nSPS) is 11.8. The fraction of sp³-hybridized carbons (Fsp3) is 0.364. The van der Waals surface area contributed by atoms with Gasteiger partial charge in [-0.1, -0.05) is 29.0 Å². The highest BCUT2D eigenvalue weighted by atomic mass is 32.2. The van der Waals surface area contributed by atoms with Crippen LogP contribution in [-0.4, -0.2) is 63.8 Å². The third-order valence-corrected chi connectivity index (χ3v) is 7.31. The Labute approximate surface area is 187 Å². The lowest BCUT2D eigenvalue weighted by Gasteiger charge is -2.22. The SMILES string of the molecule is CCOc1ccc2nc(N(CCN(C)C)C(=O)CS(=O)(=O)c3ccc(C)cc3)sc2c1. The van der Waals surface area contributed by atoms with Crippen LogP contribution in [-0.2, 0) is 14.6 Å². The Bertz CT molecular complexity index is 1160. The Morgan fingerprint density at radius 1 is 1.10 bits per heavy atom. The van der Waals surface area contributed by atoms with E-state index in [1.165, 1.54) is 28.4 Å². The van der Waals surface area contributed by atoms with E-state index < -0.39 is 21.5 Å². The number of thiazole rings is 1. The third-order valence-electron chi connectivity index (χ3n) is 4.66. The van der Waals surface area contributed by atoms with Crippen molar-refractivity contribution < 1.29 is 17.9 Å². The van der Waals surface area contributed by atoms with E-state index in [1.807, 2.05) is 51.0 Å². The number of carbonyl (C=O) groups is 1. The number of sulfone groups is 1. The highest BCUT2D eigenvalue weighted by Crippen LogP contribution is 2.32. The average Bonchev–Trinajstić information content (AvgIpc) is 3.11. The van der Waals surface area contributed by atoms with Gasteiger partial charge >= 0.3 is 0 Å². The standard InChI is InChI=1S/C22H27N3O4S2/c1-5-29-17-8-11-19-20(14-17)30-22(23-19)25(13-12-24(3)4)21(26)15-31(27,28)18-9-6-16(2)7-10-18/h6-11,14H,5,12-13,15H2,1-4H3. The summed E-state index contributed by atoms with van der Waals surface area (Å²) in [7, 11) is 0.0425. The van der Waals surface area contributed by atoms with Crippen LogP contribution < -0.4 is 9.64 Å². The molecule has 7 nitrogen and oxygen atoms in total. The Hall–Kier alpha value is -2.49. The molecule has 0 N–H and O–H groups in total. The molecule has 0 saturated heterocycles. The molecule has 0 fully saturated rings. The maximum absolute atomic E-state index is 13.1. The summed E-state index contributed by atoms with van der Waals surface area (Å²) in [6.07, 6.45) is 0. The summed E-state index contributed by atoms with van der Waals surface area (Å²) in [6, 6.07) is 12.1. The number of amides is 1. The summed E-state index contributed by atoms with van der Waals surface area (Å²) in [5.41, 5.74) is 1.70. The van der Waals surface area contributed by atoms with Gasteiger partial charge in [0.1, 0.15) is 11.5 Å². The molecule has 3 rings (SSSR count). The summed E-state index contributed by atoms with van der Waals surface area (Å²) < 4.78 is 32.1. The van der Waals surface area contributed by atoms with Crippen molar-refractivity contribution in [2.24, 2.45) is 0 Å². The predicted octanol–water partition coefficient (Wildman–Crippen LogP) is 3.37. The van der Waals surface area contributed by atoms with E-state index in [0.29, 0.717) is 24.8 Å². The minimum atomic E-state index is -3.76. The van der Waals surface area contributed by atoms with Gasteiger partial charge in [-0.3, -0.25) is 9.69 Å². The number of likely N-dealkylation sites (N-methyl/N-ethyl adjacent to an activating group) is 1. The first-order valence-corrected chi connectivity index (χ1v) is 12.4. The molecule has 0 aliphatic heterocycles. The van der Waals surface area contributed by atoms with Crippen molar-refractivity contribution >= 4 is 42.4 Å². The van der Waals surface area contributed by atoms with Crippen molar-refractivity contribution in [1.29, 1.82) is 0 Å². The van der Waals surface area contributed by atoms with E-state index in [2.05, 4.69) is 4.98 Å². The maximum Gasteiger partial charge on any atom is 0.244 e. The number of hydrogen-bond acceptors (Lipinski definition) is 7. The van der Waals surface area contributed by atoms with Crippen LogP contribution >= 0.6 is 11.3 Å². The number of carbonyl (C=O) groups excluding carboxylic acids is 1. The smallest absolute Gasteiger partial charge is 0.244 e. The number of nitrogens with zero attached hydrogens (tertiary/aromatic N) is 3. The largest absolute Gasteiger partial charge is 0.494 e. The Balaban J connectivity index is 1.90. The van der Waals surface area contributed by atoms with Gasteiger partial charge in [-0.05, 0) is 58.3 Å². The van der Waals surface area contributed by atoms with E-state index in [4.69, 9.17) is 4.74 Å². The van der Waals surface area contributed by atoms with Crippen molar-refractivity contribution in [3.05, 3.63) is 48.0 Å². The molecule has 0 atom stereocenters. The van der Waals surface area contributed by atoms with Gasteiger partial charge in [-0.25, -0.2) is 13.4 Å². The van der Waals surface area contributed by atoms with Crippen LogP contribution in [0.15, 0.2) is 47.4 Å². The van der Waals surface area contributed by atoms with Gasteiger partial charge < -0.3 is 9.64 Å². The predicted molar refractivity (Wildman–Crippen MR) is 125 cm³/mol. The van der Waals surface area contributed by atoms with Crippen LogP contribution in [0.2, 0.25) is 0 Å². The molecule has 0 aliphatic carbocycles. The fourth-order valence-corrected chi connectivity index (χ4v) is 5.20. The molecule has 9 heteroatoms. The molecule has 166 valence electrons. The van der Waals surface area contributed by atoms with E-state index >= 15 is 0 Å². The van der Waals surface area contributed by atoms with Crippen LogP contribution in [0.5, 0.6) is 5.75 Å². The second kappa shape index (κ2) is 9.76. The lowest BCUT2D eigenvalue weighted by molar-refractivity contribution is -0.116. The molecule has 0 radical (unpaired) electrons. The van der Waals surface area contributed by atoms with Crippen LogP contribution in [0.25, 0.3) is 10.2 Å². The van der Waals surface area contributed by atoms with Crippen LogP contribution in [0.1, 0.15) is 12.5 Å². The van der Waals surface area contributed by atoms with Gasteiger partial charge in [-0.15, -0.1) is 0 Å². The summed E-state index contributed by atoms with van der Waals surface area (Å²) in [5.74, 6) is -0.367. The molecule has 0 unspecified atom stereocenters. The number of aromatic nitrogens is 1. The summed E-state index contributed by atoms with van der Waals surface area (Å²) in [5, 5.41) is 0.481. The molecular formula is C22H27N3O4S2. The molecule has 0 saturated carbocycles. The van der Waals surface area contributed by atoms with E-state index in [1.54, 1.807) is 12.1 Å². The first-order chi connectivity index (χ1) is 14.7. The lowest BCUT2D eigenvalue weighted by Crippen LogP contribution is -2.40. The molecule has 31 heavy (non-hydrogen) atoms. The lowest BCUT2D eigenvalue weighted by atomic mass is 10.2. The molecule has 0 spiro atoms. The van der Waals surface area contributed by atoms with Crippen molar-refractivity contribution in [3.8, 4) is 5.75 Å².